The molecule has 0 aromatic rings. The van der Waals surface area contributed by atoms with E-state index in [0.717, 1.165) is 0 Å². The number of nitrogens with zero attached hydrogens (tertiary/aromatic N) is 1. The zero-order valence-electron chi connectivity index (χ0n) is 20.9. The zero-order valence-corrected chi connectivity index (χ0v) is 21.8. The number of carboxylic acid groups (broad SMARTS) is 1. The highest BCUT2D eigenvalue weighted by Gasteiger charge is 2.30. The Hall–Kier alpha value is -2.62. The van der Waals surface area contributed by atoms with E-state index in [-0.39, 0.29) is 31.8 Å². The normalized spacial score (nSPS) is 15.0. The summed E-state index contributed by atoms with van der Waals surface area (Å²) >= 11 is 1.44. The van der Waals surface area contributed by atoms with Crippen LogP contribution in [0, 0.1) is 0 Å². The average molecular weight is 535 g/mol. The van der Waals surface area contributed by atoms with Gasteiger partial charge in [0.05, 0.1) is 6.10 Å². The Morgan fingerprint density at radius 2 is 1.42 bits per heavy atom. The van der Waals surface area contributed by atoms with E-state index in [1.165, 1.54) is 18.7 Å². The van der Waals surface area contributed by atoms with Crippen LogP contribution in [-0.2, 0) is 19.2 Å². The van der Waals surface area contributed by atoms with E-state index in [2.05, 4.69) is 20.9 Å². The molecule has 208 valence electrons. The number of hydrogen-bond donors (Lipinski definition) is 9. The van der Waals surface area contributed by atoms with Gasteiger partial charge in [0.15, 0.2) is 5.96 Å². The minimum atomic E-state index is -1.25. The third-order valence-electron chi connectivity index (χ3n) is 5.21. The number of rotatable bonds is 19. The summed E-state index contributed by atoms with van der Waals surface area (Å²) in [5.74, 6) is -2.88. The molecule has 14 nitrogen and oxygen atoms in total. The Kier molecular flexibility index (Phi) is 17.3. The van der Waals surface area contributed by atoms with E-state index in [9.17, 15) is 29.4 Å². The van der Waals surface area contributed by atoms with E-state index in [1.807, 2.05) is 6.26 Å². The van der Waals surface area contributed by atoms with Gasteiger partial charge in [-0.05, 0) is 64.0 Å². The molecule has 0 aromatic heterocycles. The minimum Gasteiger partial charge on any atom is -0.480 e. The van der Waals surface area contributed by atoms with Gasteiger partial charge in [-0.15, -0.1) is 0 Å². The first-order chi connectivity index (χ1) is 16.9. The van der Waals surface area contributed by atoms with Crippen molar-refractivity contribution in [3.63, 3.8) is 0 Å². The molecule has 36 heavy (non-hydrogen) atoms. The van der Waals surface area contributed by atoms with E-state index in [1.54, 1.807) is 0 Å². The van der Waals surface area contributed by atoms with Gasteiger partial charge in [0.2, 0.25) is 17.7 Å². The number of aliphatic hydroxyl groups excluding tert-OH is 1. The second kappa shape index (κ2) is 18.6. The summed E-state index contributed by atoms with van der Waals surface area (Å²) < 4.78 is 0. The SMILES string of the molecule is CSCCC(NC(=O)C(CCCN=C(N)N)NC(=O)C(CCCCN)NC(=O)C(N)C(C)O)C(=O)O. The maximum atomic E-state index is 13.1. The van der Waals surface area contributed by atoms with E-state index < -0.39 is 54.0 Å². The lowest BCUT2D eigenvalue weighted by atomic mass is 10.0. The molecule has 0 aliphatic rings. The van der Waals surface area contributed by atoms with Gasteiger partial charge in [0.25, 0.3) is 0 Å². The number of carboxylic acids is 1. The van der Waals surface area contributed by atoms with Crippen LogP contribution in [-0.4, -0.2) is 95.2 Å². The highest BCUT2D eigenvalue weighted by Crippen LogP contribution is 2.07. The largest absolute Gasteiger partial charge is 0.480 e. The van der Waals surface area contributed by atoms with Gasteiger partial charge in [-0.25, -0.2) is 4.79 Å². The van der Waals surface area contributed by atoms with Crippen molar-refractivity contribution in [1.82, 2.24) is 16.0 Å². The molecule has 0 rings (SSSR count). The maximum Gasteiger partial charge on any atom is 0.326 e. The first kappa shape index (κ1) is 33.4. The molecule has 3 amide bonds. The van der Waals surface area contributed by atoms with Crippen molar-refractivity contribution in [2.75, 3.05) is 25.1 Å². The number of carbonyl (C=O) groups excluding carboxylic acids is 3. The fourth-order valence-electron chi connectivity index (χ4n) is 3.06. The standard InChI is InChI=1S/C21H42N8O6S/c1-12(30)16(23)19(33)28-13(6-3-4-9-22)17(31)27-14(7-5-10-26-21(24)25)18(32)29-15(20(34)35)8-11-36-2/h12-16,30H,3-11,22-23H2,1-2H3,(H,27,31)(H,28,33)(H,29,32)(H,34,35)(H4,24,25,26). The highest BCUT2D eigenvalue weighted by molar-refractivity contribution is 7.98. The van der Waals surface area contributed by atoms with Gasteiger partial charge < -0.3 is 49.1 Å². The number of nitrogens with one attached hydrogen (secondary N) is 3. The molecule has 0 fully saturated rings. The molecule has 0 bridgehead atoms. The quantitative estimate of drug-likeness (QED) is 0.0463. The third kappa shape index (κ3) is 14.1. The van der Waals surface area contributed by atoms with E-state index in [4.69, 9.17) is 22.9 Å². The number of hydrogen-bond acceptors (Lipinski definition) is 9. The smallest absolute Gasteiger partial charge is 0.326 e. The van der Waals surface area contributed by atoms with E-state index in [0.29, 0.717) is 31.6 Å². The van der Waals surface area contributed by atoms with Crippen LogP contribution >= 0.6 is 11.8 Å². The number of nitrogens with two attached hydrogens (primary N) is 4. The lowest BCUT2D eigenvalue weighted by Crippen LogP contribution is -2.58. The molecule has 5 atom stereocenters. The molecule has 13 N–H and O–H groups in total. The lowest BCUT2D eigenvalue weighted by Gasteiger charge is -2.25. The molecule has 0 spiro atoms. The summed E-state index contributed by atoms with van der Waals surface area (Å²) in [5.41, 5.74) is 21.8. The number of thioether (sulfide) groups is 1. The summed E-state index contributed by atoms with van der Waals surface area (Å²) in [7, 11) is 0. The van der Waals surface area contributed by atoms with Crippen molar-refractivity contribution in [2.45, 2.75) is 75.7 Å². The van der Waals surface area contributed by atoms with Gasteiger partial charge in [-0.3, -0.25) is 19.4 Å². The number of aliphatic hydroxyl groups is 1. The average Bonchev–Trinajstić information content (AvgIpc) is 2.81. The molecule has 5 unspecified atom stereocenters. The van der Waals surface area contributed by atoms with Gasteiger partial charge in [0, 0.05) is 6.54 Å². The third-order valence-corrected chi connectivity index (χ3v) is 5.85. The number of aliphatic carboxylic acids is 1. The number of carbonyl (C=O) groups is 4. The molecule has 15 heteroatoms. The summed E-state index contributed by atoms with van der Waals surface area (Å²) in [6.07, 6.45) is 2.63. The van der Waals surface area contributed by atoms with Gasteiger partial charge in [0.1, 0.15) is 24.2 Å². The molecule has 0 saturated carbocycles. The molecular weight excluding hydrogens is 492 g/mol. The fraction of sp³-hybridized carbons (Fsp3) is 0.762. The van der Waals surface area contributed by atoms with E-state index >= 15 is 0 Å². The van der Waals surface area contributed by atoms with Crippen LogP contribution in [0.1, 0.15) is 45.4 Å². The monoisotopic (exact) mass is 534 g/mol. The van der Waals surface area contributed by atoms with Crippen LogP contribution in [0.3, 0.4) is 0 Å². The van der Waals surface area contributed by atoms with Crippen LogP contribution in [0.15, 0.2) is 4.99 Å². The van der Waals surface area contributed by atoms with Gasteiger partial charge in [-0.2, -0.15) is 11.8 Å². The molecule has 0 aliphatic carbocycles. The Labute approximate surface area is 215 Å². The Balaban J connectivity index is 5.61. The topological polar surface area (TPSA) is 261 Å². The van der Waals surface area contributed by atoms with Crippen molar-refractivity contribution in [1.29, 1.82) is 0 Å². The number of guanidine groups is 1. The summed E-state index contributed by atoms with van der Waals surface area (Å²) in [4.78, 5) is 53.8. The van der Waals surface area contributed by atoms with Crippen molar-refractivity contribution in [3.8, 4) is 0 Å². The summed E-state index contributed by atoms with van der Waals surface area (Å²) in [5, 5.41) is 26.6. The minimum absolute atomic E-state index is 0.111. The Bertz CT molecular complexity index is 735. The van der Waals surface area contributed by atoms with Crippen LogP contribution < -0.4 is 38.9 Å². The van der Waals surface area contributed by atoms with Crippen LogP contribution in [0.25, 0.3) is 0 Å². The summed E-state index contributed by atoms with van der Waals surface area (Å²) in [6, 6.07) is -4.54. The molecule has 0 aliphatic heterocycles. The molecule has 0 heterocycles. The molecule has 0 aromatic carbocycles. The lowest BCUT2D eigenvalue weighted by molar-refractivity contribution is -0.142. The Morgan fingerprint density at radius 1 is 0.889 bits per heavy atom. The van der Waals surface area contributed by atoms with Gasteiger partial charge in [-0.1, -0.05) is 0 Å². The summed E-state index contributed by atoms with van der Waals surface area (Å²) in [6.45, 7) is 1.93. The number of unbranched alkanes of at least 4 members (excludes halogenated alkanes) is 1. The number of aliphatic imine (C=N–C) groups is 1. The first-order valence-electron chi connectivity index (χ1n) is 11.8. The number of amides is 3. The maximum absolute atomic E-state index is 13.1. The predicted molar refractivity (Wildman–Crippen MR) is 139 cm³/mol. The van der Waals surface area contributed by atoms with Crippen molar-refractivity contribution >= 4 is 41.4 Å². The Morgan fingerprint density at radius 3 is 1.89 bits per heavy atom. The van der Waals surface area contributed by atoms with Crippen LogP contribution in [0.4, 0.5) is 0 Å². The van der Waals surface area contributed by atoms with Crippen molar-refractivity contribution in [2.24, 2.45) is 27.9 Å². The van der Waals surface area contributed by atoms with Gasteiger partial charge >= 0.3 is 5.97 Å². The van der Waals surface area contributed by atoms with Crippen LogP contribution in [0.5, 0.6) is 0 Å². The molecule has 0 saturated heterocycles. The highest BCUT2D eigenvalue weighted by atomic mass is 32.2. The second-order valence-electron chi connectivity index (χ2n) is 8.30. The zero-order chi connectivity index (χ0) is 27.7. The van der Waals surface area contributed by atoms with Crippen molar-refractivity contribution < 1.29 is 29.4 Å². The molecule has 0 radical (unpaired) electrons. The molecular formula is C21H42N8O6S. The van der Waals surface area contributed by atoms with Crippen LogP contribution in [0.2, 0.25) is 0 Å². The first-order valence-corrected chi connectivity index (χ1v) is 13.2. The second-order valence-corrected chi connectivity index (χ2v) is 9.29. The van der Waals surface area contributed by atoms with Crippen molar-refractivity contribution in [3.05, 3.63) is 0 Å². The predicted octanol–water partition coefficient (Wildman–Crippen LogP) is -2.83. The fourth-order valence-corrected chi connectivity index (χ4v) is 3.53.